The zero-order valence-corrected chi connectivity index (χ0v) is 8.24. The van der Waals surface area contributed by atoms with Crippen molar-refractivity contribution in [2.75, 3.05) is 13.2 Å². The van der Waals surface area contributed by atoms with Gasteiger partial charge in [-0.3, -0.25) is 4.79 Å². The number of carbonyl (C=O) groups excluding carboxylic acids is 1. The highest BCUT2D eigenvalue weighted by atomic mass is 16.5. The number of amides is 1. The molecule has 2 aliphatic rings. The van der Waals surface area contributed by atoms with Crippen molar-refractivity contribution in [2.24, 2.45) is 5.92 Å². The summed E-state index contributed by atoms with van der Waals surface area (Å²) in [6.45, 7) is 1.06. The molecule has 2 N–H and O–H groups in total. The van der Waals surface area contributed by atoms with Crippen LogP contribution in [0.4, 0.5) is 0 Å². The molecule has 0 bridgehead atoms. The van der Waals surface area contributed by atoms with E-state index in [1.807, 2.05) is 0 Å². The van der Waals surface area contributed by atoms with Gasteiger partial charge in [-0.25, -0.2) is 0 Å². The van der Waals surface area contributed by atoms with Crippen molar-refractivity contribution < 1.29 is 14.6 Å². The monoisotopic (exact) mass is 199 g/mol. The summed E-state index contributed by atoms with van der Waals surface area (Å²) in [7, 11) is 0. The molecule has 4 nitrogen and oxygen atoms in total. The van der Waals surface area contributed by atoms with Crippen LogP contribution in [0, 0.1) is 5.92 Å². The first kappa shape index (κ1) is 9.93. The summed E-state index contributed by atoms with van der Waals surface area (Å²) in [6, 6.07) is 0. The lowest BCUT2D eigenvalue weighted by Gasteiger charge is -2.13. The fourth-order valence-electron chi connectivity index (χ4n) is 1.75. The molecule has 2 rings (SSSR count). The molecule has 1 saturated heterocycles. The molecule has 1 aliphatic carbocycles. The maximum Gasteiger partial charge on any atom is 0.249 e. The van der Waals surface area contributed by atoms with Gasteiger partial charge in [0.25, 0.3) is 0 Å². The van der Waals surface area contributed by atoms with Crippen molar-refractivity contribution in [2.45, 2.75) is 37.9 Å². The van der Waals surface area contributed by atoms with Gasteiger partial charge in [0, 0.05) is 13.2 Å². The minimum Gasteiger partial charge on any atom is -0.391 e. The first-order valence-corrected chi connectivity index (χ1v) is 5.35. The lowest BCUT2D eigenvalue weighted by molar-refractivity contribution is -0.130. The van der Waals surface area contributed by atoms with E-state index < -0.39 is 0 Å². The van der Waals surface area contributed by atoms with Crippen LogP contribution in [0.25, 0.3) is 0 Å². The molecule has 0 spiro atoms. The van der Waals surface area contributed by atoms with Crippen LogP contribution in [0.3, 0.4) is 0 Å². The van der Waals surface area contributed by atoms with Crippen LogP contribution in [0.1, 0.15) is 25.7 Å². The third kappa shape index (κ3) is 2.45. The van der Waals surface area contributed by atoms with Gasteiger partial charge in [-0.05, 0) is 31.6 Å². The number of aliphatic hydroxyl groups excluding tert-OH is 1. The average molecular weight is 199 g/mol. The summed E-state index contributed by atoms with van der Waals surface area (Å²) in [5.74, 6) is 0.349. The van der Waals surface area contributed by atoms with E-state index in [0.717, 1.165) is 25.7 Å². The van der Waals surface area contributed by atoms with Crippen molar-refractivity contribution in [1.29, 1.82) is 0 Å². The lowest BCUT2D eigenvalue weighted by Crippen LogP contribution is -2.39. The standard InChI is InChI=1S/C10H17NO3/c12-8(7-3-4-7)6-11-10(13)9-2-1-5-14-9/h7-9,12H,1-6H2,(H,11,13)/t8?,9-/m1/s1. The van der Waals surface area contributed by atoms with E-state index in [4.69, 9.17) is 4.74 Å². The third-order valence-corrected chi connectivity index (χ3v) is 2.87. The van der Waals surface area contributed by atoms with Gasteiger partial charge in [-0.15, -0.1) is 0 Å². The molecule has 0 aromatic heterocycles. The number of hydrogen-bond donors (Lipinski definition) is 2. The smallest absolute Gasteiger partial charge is 0.249 e. The van der Waals surface area contributed by atoms with E-state index in [0.29, 0.717) is 19.1 Å². The summed E-state index contributed by atoms with van der Waals surface area (Å²) in [6.07, 6.45) is 3.32. The Labute approximate surface area is 83.6 Å². The topological polar surface area (TPSA) is 58.6 Å². The van der Waals surface area contributed by atoms with E-state index in [1.54, 1.807) is 0 Å². The van der Waals surface area contributed by atoms with Crippen LogP contribution in [0.2, 0.25) is 0 Å². The second kappa shape index (κ2) is 4.28. The van der Waals surface area contributed by atoms with E-state index in [2.05, 4.69) is 5.32 Å². The molecule has 1 amide bonds. The molecular weight excluding hydrogens is 182 g/mol. The Bertz CT molecular complexity index is 209. The predicted octanol–water partition coefficient (Wildman–Crippen LogP) is 0.0525. The zero-order valence-electron chi connectivity index (χ0n) is 8.24. The van der Waals surface area contributed by atoms with Gasteiger partial charge in [-0.2, -0.15) is 0 Å². The van der Waals surface area contributed by atoms with Gasteiger partial charge in [-0.1, -0.05) is 0 Å². The van der Waals surface area contributed by atoms with E-state index in [-0.39, 0.29) is 18.1 Å². The fourth-order valence-corrected chi connectivity index (χ4v) is 1.75. The Morgan fingerprint density at radius 1 is 1.50 bits per heavy atom. The average Bonchev–Trinajstić information content (AvgIpc) is 2.90. The first-order chi connectivity index (χ1) is 6.77. The Morgan fingerprint density at radius 2 is 2.29 bits per heavy atom. The Hall–Kier alpha value is -0.610. The summed E-state index contributed by atoms with van der Waals surface area (Å²) >= 11 is 0. The molecule has 80 valence electrons. The summed E-state index contributed by atoms with van der Waals surface area (Å²) in [4.78, 5) is 11.4. The number of nitrogens with one attached hydrogen (secondary N) is 1. The number of rotatable bonds is 4. The van der Waals surface area contributed by atoms with Gasteiger partial charge in [0.05, 0.1) is 6.10 Å². The molecule has 1 unspecified atom stereocenters. The van der Waals surface area contributed by atoms with Gasteiger partial charge >= 0.3 is 0 Å². The molecule has 0 aromatic rings. The largest absolute Gasteiger partial charge is 0.391 e. The Morgan fingerprint density at radius 3 is 2.86 bits per heavy atom. The first-order valence-electron chi connectivity index (χ1n) is 5.35. The van der Waals surface area contributed by atoms with E-state index in [9.17, 15) is 9.90 Å². The number of ether oxygens (including phenoxy) is 1. The summed E-state index contributed by atoms with van der Waals surface area (Å²) in [5, 5.41) is 12.3. The highest BCUT2D eigenvalue weighted by Gasteiger charge is 2.30. The maximum atomic E-state index is 11.4. The summed E-state index contributed by atoms with van der Waals surface area (Å²) < 4.78 is 5.23. The minimum absolute atomic E-state index is 0.0674. The molecule has 1 aliphatic heterocycles. The summed E-state index contributed by atoms with van der Waals surface area (Å²) in [5.41, 5.74) is 0. The van der Waals surface area contributed by atoms with Crippen molar-refractivity contribution >= 4 is 5.91 Å². The van der Waals surface area contributed by atoms with Crippen LogP contribution in [-0.2, 0) is 9.53 Å². The van der Waals surface area contributed by atoms with Crippen LogP contribution >= 0.6 is 0 Å². The molecule has 4 heteroatoms. The highest BCUT2D eigenvalue weighted by Crippen LogP contribution is 2.32. The Balaban J connectivity index is 1.66. The molecule has 14 heavy (non-hydrogen) atoms. The third-order valence-electron chi connectivity index (χ3n) is 2.87. The normalized spacial score (nSPS) is 28.8. The molecule has 0 aromatic carbocycles. The minimum atomic E-state index is -0.361. The van der Waals surface area contributed by atoms with Gasteiger partial charge in [0.1, 0.15) is 6.10 Å². The predicted molar refractivity (Wildman–Crippen MR) is 50.7 cm³/mol. The lowest BCUT2D eigenvalue weighted by atomic mass is 10.2. The second-order valence-electron chi connectivity index (χ2n) is 4.15. The molecule has 0 radical (unpaired) electrons. The maximum absolute atomic E-state index is 11.4. The molecule has 1 heterocycles. The quantitative estimate of drug-likeness (QED) is 0.672. The fraction of sp³-hybridized carbons (Fsp3) is 0.900. The van der Waals surface area contributed by atoms with Crippen LogP contribution in [-0.4, -0.2) is 36.4 Å². The number of aliphatic hydroxyl groups is 1. The van der Waals surface area contributed by atoms with Crippen molar-refractivity contribution in [3.63, 3.8) is 0 Å². The van der Waals surface area contributed by atoms with Gasteiger partial charge in [0.2, 0.25) is 5.91 Å². The molecule has 2 atom stereocenters. The second-order valence-corrected chi connectivity index (χ2v) is 4.15. The van der Waals surface area contributed by atoms with Gasteiger partial charge < -0.3 is 15.2 Å². The SMILES string of the molecule is O=C(NCC(O)C1CC1)[C@H]1CCCO1. The van der Waals surface area contributed by atoms with Crippen LogP contribution < -0.4 is 5.32 Å². The zero-order chi connectivity index (χ0) is 9.97. The molecule has 2 fully saturated rings. The van der Waals surface area contributed by atoms with E-state index in [1.165, 1.54) is 0 Å². The number of carbonyl (C=O) groups is 1. The van der Waals surface area contributed by atoms with Crippen molar-refractivity contribution in [3.8, 4) is 0 Å². The number of hydrogen-bond acceptors (Lipinski definition) is 3. The molecular formula is C10H17NO3. The molecule has 1 saturated carbocycles. The van der Waals surface area contributed by atoms with Crippen molar-refractivity contribution in [3.05, 3.63) is 0 Å². The van der Waals surface area contributed by atoms with Crippen molar-refractivity contribution in [1.82, 2.24) is 5.32 Å². The van der Waals surface area contributed by atoms with Gasteiger partial charge in [0.15, 0.2) is 0 Å². The highest BCUT2D eigenvalue weighted by molar-refractivity contribution is 5.80. The van der Waals surface area contributed by atoms with Crippen LogP contribution in [0.15, 0.2) is 0 Å². The van der Waals surface area contributed by atoms with E-state index >= 15 is 0 Å². The van der Waals surface area contributed by atoms with Crippen LogP contribution in [0.5, 0.6) is 0 Å². The Kier molecular flexibility index (Phi) is 3.03.